The smallest absolute Gasteiger partial charge is 0.418 e. The first kappa shape index (κ1) is 15.6. The fraction of sp³-hybridized carbons (Fsp3) is 0.579. The number of hydrogen-bond acceptors (Lipinski definition) is 4. The Kier molecular flexibility index (Phi) is 3.46. The second-order valence-electron chi connectivity index (χ2n) is 7.65. The summed E-state index contributed by atoms with van der Waals surface area (Å²) in [5.74, 6) is 0.268. The average molecular weight is 329 g/mol. The maximum Gasteiger partial charge on any atom is 0.418 e. The van der Waals surface area contributed by atoms with Gasteiger partial charge in [0, 0.05) is 12.0 Å². The van der Waals surface area contributed by atoms with Crippen LogP contribution in [0.4, 0.5) is 4.79 Å². The SMILES string of the molecule is CC1CCC(O)(CN2C(=O)OC3(CCc4ccccc43)C2=O)CC1. The Bertz CT molecular complexity index is 692. The zero-order chi connectivity index (χ0) is 16.9. The van der Waals surface area contributed by atoms with E-state index in [1.807, 2.05) is 24.3 Å². The molecule has 0 bridgehead atoms. The lowest BCUT2D eigenvalue weighted by atomic mass is 9.79. The van der Waals surface area contributed by atoms with Crippen molar-refractivity contribution in [2.45, 2.75) is 56.7 Å². The van der Waals surface area contributed by atoms with Crippen LogP contribution in [0.15, 0.2) is 24.3 Å². The van der Waals surface area contributed by atoms with E-state index < -0.39 is 17.3 Å². The van der Waals surface area contributed by atoms with E-state index in [4.69, 9.17) is 4.74 Å². The van der Waals surface area contributed by atoms with Gasteiger partial charge in [0.05, 0.1) is 12.1 Å². The number of rotatable bonds is 2. The zero-order valence-corrected chi connectivity index (χ0v) is 14.0. The number of hydrogen-bond donors (Lipinski definition) is 1. The first-order valence-corrected chi connectivity index (χ1v) is 8.79. The van der Waals surface area contributed by atoms with Crippen LogP contribution in [-0.2, 0) is 21.6 Å². The molecule has 1 aliphatic heterocycles. The van der Waals surface area contributed by atoms with Gasteiger partial charge >= 0.3 is 6.09 Å². The Morgan fingerprint density at radius 3 is 2.67 bits per heavy atom. The molecule has 1 spiro atoms. The summed E-state index contributed by atoms with van der Waals surface area (Å²) in [6.07, 6.45) is 3.67. The summed E-state index contributed by atoms with van der Waals surface area (Å²) in [6.45, 7) is 2.21. The summed E-state index contributed by atoms with van der Waals surface area (Å²) in [7, 11) is 0. The van der Waals surface area contributed by atoms with Crippen LogP contribution in [0.2, 0.25) is 0 Å². The molecule has 2 aliphatic carbocycles. The molecule has 4 rings (SSSR count). The zero-order valence-electron chi connectivity index (χ0n) is 14.0. The number of benzene rings is 1. The highest BCUT2D eigenvalue weighted by molar-refractivity contribution is 6.04. The Hall–Kier alpha value is -1.88. The van der Waals surface area contributed by atoms with Crippen molar-refractivity contribution in [3.8, 4) is 0 Å². The van der Waals surface area contributed by atoms with Gasteiger partial charge in [-0.3, -0.25) is 4.79 Å². The maximum absolute atomic E-state index is 13.1. The third-order valence-corrected chi connectivity index (χ3v) is 5.93. The molecule has 1 aromatic carbocycles. The fourth-order valence-electron chi connectivity index (χ4n) is 4.34. The molecule has 3 aliphatic rings. The van der Waals surface area contributed by atoms with Crippen molar-refractivity contribution in [2.24, 2.45) is 5.92 Å². The molecule has 1 N–H and O–H groups in total. The van der Waals surface area contributed by atoms with Crippen LogP contribution >= 0.6 is 0 Å². The molecule has 1 saturated heterocycles. The van der Waals surface area contributed by atoms with Crippen LogP contribution in [0.5, 0.6) is 0 Å². The fourth-order valence-corrected chi connectivity index (χ4v) is 4.34. The Balaban J connectivity index is 1.59. The highest BCUT2D eigenvalue weighted by Crippen LogP contribution is 2.46. The lowest BCUT2D eigenvalue weighted by molar-refractivity contribution is -0.140. The normalized spacial score (nSPS) is 35.4. The molecule has 1 atom stereocenters. The maximum atomic E-state index is 13.1. The van der Waals surface area contributed by atoms with Crippen molar-refractivity contribution in [1.29, 1.82) is 0 Å². The van der Waals surface area contributed by atoms with Gasteiger partial charge < -0.3 is 9.84 Å². The van der Waals surface area contributed by atoms with E-state index in [1.54, 1.807) is 0 Å². The number of aliphatic hydroxyl groups is 1. The van der Waals surface area contributed by atoms with Crippen molar-refractivity contribution < 1.29 is 19.4 Å². The van der Waals surface area contributed by atoms with Crippen LogP contribution in [-0.4, -0.2) is 34.2 Å². The Morgan fingerprint density at radius 2 is 1.92 bits per heavy atom. The molecule has 1 aromatic rings. The lowest BCUT2D eigenvalue weighted by Gasteiger charge is -2.36. The van der Waals surface area contributed by atoms with Crippen molar-refractivity contribution in [1.82, 2.24) is 4.90 Å². The van der Waals surface area contributed by atoms with E-state index >= 15 is 0 Å². The molecule has 128 valence electrons. The Labute approximate surface area is 141 Å². The number of β-amino-alcohol motifs (C(OH)–C–C–N with tert-alkyl or cyclic N) is 1. The summed E-state index contributed by atoms with van der Waals surface area (Å²) in [5, 5.41) is 10.8. The van der Waals surface area contributed by atoms with E-state index in [9.17, 15) is 14.7 Å². The Morgan fingerprint density at radius 1 is 1.21 bits per heavy atom. The predicted molar refractivity (Wildman–Crippen MR) is 87.2 cm³/mol. The summed E-state index contributed by atoms with van der Waals surface area (Å²) < 4.78 is 5.60. The molecule has 2 amide bonds. The van der Waals surface area contributed by atoms with Gasteiger partial charge in [-0.15, -0.1) is 0 Å². The van der Waals surface area contributed by atoms with Crippen LogP contribution in [0.25, 0.3) is 0 Å². The first-order valence-electron chi connectivity index (χ1n) is 8.79. The minimum atomic E-state index is -1.17. The number of fused-ring (bicyclic) bond motifs is 2. The highest BCUT2D eigenvalue weighted by Gasteiger charge is 2.59. The first-order chi connectivity index (χ1) is 11.4. The second kappa shape index (κ2) is 5.31. The number of carbonyl (C=O) groups is 2. The van der Waals surface area contributed by atoms with Crippen LogP contribution in [0.3, 0.4) is 0 Å². The van der Waals surface area contributed by atoms with E-state index in [1.165, 1.54) is 0 Å². The number of carbonyl (C=O) groups excluding carboxylic acids is 2. The van der Waals surface area contributed by atoms with Crippen LogP contribution in [0.1, 0.15) is 50.2 Å². The van der Waals surface area contributed by atoms with E-state index in [-0.39, 0.29) is 12.5 Å². The highest BCUT2D eigenvalue weighted by atomic mass is 16.6. The molecule has 1 saturated carbocycles. The standard InChI is InChI=1S/C19H23NO4/c1-13-6-9-18(23,10-7-13)12-20-16(21)19(24-17(20)22)11-8-14-4-2-3-5-15(14)19/h2-5,13,23H,6-12H2,1H3. The number of ether oxygens (including phenoxy) is 1. The monoisotopic (exact) mass is 329 g/mol. The number of aryl methyl sites for hydroxylation is 1. The number of amides is 2. The summed E-state index contributed by atoms with van der Waals surface area (Å²) >= 11 is 0. The van der Waals surface area contributed by atoms with Gasteiger partial charge in [0.15, 0.2) is 0 Å². The molecule has 0 aromatic heterocycles. The largest absolute Gasteiger partial charge is 0.427 e. The number of nitrogens with zero attached hydrogens (tertiary/aromatic N) is 1. The quantitative estimate of drug-likeness (QED) is 0.906. The summed E-state index contributed by atoms with van der Waals surface area (Å²) in [6, 6.07) is 7.65. The molecule has 1 unspecified atom stereocenters. The molecule has 5 heteroatoms. The van der Waals surface area contributed by atoms with Gasteiger partial charge in [-0.05, 0) is 43.6 Å². The van der Waals surface area contributed by atoms with Gasteiger partial charge in [-0.1, -0.05) is 31.2 Å². The average Bonchev–Trinajstić information content (AvgIpc) is 3.05. The molecule has 1 heterocycles. The van der Waals surface area contributed by atoms with Crippen LogP contribution in [0, 0.1) is 5.92 Å². The lowest BCUT2D eigenvalue weighted by Crippen LogP contribution is -2.48. The molecule has 5 nitrogen and oxygen atoms in total. The van der Waals surface area contributed by atoms with Gasteiger partial charge in [-0.25, -0.2) is 9.69 Å². The van der Waals surface area contributed by atoms with Crippen molar-refractivity contribution in [3.05, 3.63) is 35.4 Å². The van der Waals surface area contributed by atoms with E-state index in [0.717, 1.165) is 35.3 Å². The van der Waals surface area contributed by atoms with Gasteiger partial charge in [0.25, 0.3) is 5.91 Å². The molecular formula is C19H23NO4. The van der Waals surface area contributed by atoms with Gasteiger partial charge in [0.2, 0.25) is 5.60 Å². The van der Waals surface area contributed by atoms with Crippen molar-refractivity contribution in [3.63, 3.8) is 0 Å². The number of imide groups is 1. The molecule has 2 fully saturated rings. The third-order valence-electron chi connectivity index (χ3n) is 5.93. The molecule has 24 heavy (non-hydrogen) atoms. The van der Waals surface area contributed by atoms with Crippen LogP contribution < -0.4 is 0 Å². The summed E-state index contributed by atoms with van der Waals surface area (Å²) in [5.41, 5.74) is -0.294. The minimum Gasteiger partial charge on any atom is -0.427 e. The van der Waals surface area contributed by atoms with Gasteiger partial charge in [-0.2, -0.15) is 0 Å². The minimum absolute atomic E-state index is 0.0430. The van der Waals surface area contributed by atoms with E-state index in [0.29, 0.717) is 25.2 Å². The van der Waals surface area contributed by atoms with E-state index in [2.05, 4.69) is 6.92 Å². The summed E-state index contributed by atoms with van der Waals surface area (Å²) in [4.78, 5) is 26.6. The van der Waals surface area contributed by atoms with Crippen molar-refractivity contribution in [2.75, 3.05) is 6.54 Å². The predicted octanol–water partition coefficient (Wildman–Crippen LogP) is 2.75. The van der Waals surface area contributed by atoms with Gasteiger partial charge in [0.1, 0.15) is 0 Å². The molecular weight excluding hydrogens is 306 g/mol. The molecule has 0 radical (unpaired) electrons. The third kappa shape index (κ3) is 2.25. The van der Waals surface area contributed by atoms with Crippen molar-refractivity contribution >= 4 is 12.0 Å². The topological polar surface area (TPSA) is 66.8 Å². The second-order valence-corrected chi connectivity index (χ2v) is 7.65.